The third-order valence-electron chi connectivity index (χ3n) is 5.82. The molecule has 1 fully saturated rings. The molecule has 3 rings (SSSR count). The van der Waals surface area contributed by atoms with E-state index in [1.165, 1.54) is 16.4 Å². The Bertz CT molecular complexity index is 1060. The number of nitro groups is 1. The van der Waals surface area contributed by atoms with E-state index >= 15 is 0 Å². The number of carbonyl (C=O) groups excluding carboxylic acids is 1. The summed E-state index contributed by atoms with van der Waals surface area (Å²) in [6.45, 7) is 5.28. The highest BCUT2D eigenvalue weighted by atomic mass is 32.2. The molecule has 0 aliphatic carbocycles. The van der Waals surface area contributed by atoms with E-state index < -0.39 is 14.9 Å². The number of non-ortho nitro benzene ring substituents is 1. The molecule has 2 aromatic rings. The first kappa shape index (κ1) is 23.9. The van der Waals surface area contributed by atoms with Crippen LogP contribution in [0.15, 0.2) is 53.4 Å². The van der Waals surface area contributed by atoms with E-state index in [-0.39, 0.29) is 35.5 Å². The smallest absolute Gasteiger partial charge is 0.270 e. The fourth-order valence-corrected chi connectivity index (χ4v) is 5.78. The van der Waals surface area contributed by atoms with Crippen LogP contribution in [-0.2, 0) is 21.4 Å². The lowest BCUT2D eigenvalue weighted by Crippen LogP contribution is -2.44. The molecule has 0 aromatic heterocycles. The Kier molecular flexibility index (Phi) is 7.63. The Morgan fingerprint density at radius 3 is 2.41 bits per heavy atom. The minimum absolute atomic E-state index is 0.0480. The zero-order valence-electron chi connectivity index (χ0n) is 18.4. The van der Waals surface area contributed by atoms with Crippen LogP contribution in [0.25, 0.3) is 0 Å². The van der Waals surface area contributed by atoms with Crippen LogP contribution in [0.4, 0.5) is 5.69 Å². The second-order valence-electron chi connectivity index (χ2n) is 8.13. The topological polar surface area (TPSA) is 101 Å². The summed E-state index contributed by atoms with van der Waals surface area (Å²) in [6, 6.07) is 13.7. The number of benzene rings is 2. The minimum atomic E-state index is -3.87. The molecule has 0 N–H and O–H groups in total. The SMILES string of the molecule is CCCN(Cc1ccccc1)C(=O)C1CCN(S(=O)(=O)c2cc([N+](=O)[O-])ccc2C)CC1. The summed E-state index contributed by atoms with van der Waals surface area (Å²) in [6.07, 6.45) is 1.71. The van der Waals surface area contributed by atoms with Gasteiger partial charge in [-0.05, 0) is 37.3 Å². The maximum absolute atomic E-state index is 13.2. The summed E-state index contributed by atoms with van der Waals surface area (Å²) in [5.41, 5.74) is 1.27. The number of hydrogen-bond acceptors (Lipinski definition) is 5. The molecule has 0 unspecified atom stereocenters. The highest BCUT2D eigenvalue weighted by Gasteiger charge is 2.35. The molecule has 0 bridgehead atoms. The predicted octanol–water partition coefficient (Wildman–Crippen LogP) is 3.74. The van der Waals surface area contributed by atoms with Crippen LogP contribution in [-0.4, -0.2) is 48.1 Å². The molecular weight excluding hydrogens is 430 g/mol. The number of aryl methyl sites for hydroxylation is 1. The predicted molar refractivity (Wildman–Crippen MR) is 121 cm³/mol. The summed E-state index contributed by atoms with van der Waals surface area (Å²) in [5.74, 6) is -0.179. The standard InChI is InChI=1S/C23H29N3O5S/c1-3-13-24(17-19-7-5-4-6-8-19)23(27)20-11-14-25(15-12-20)32(30,31)22-16-21(26(28)29)10-9-18(22)2/h4-10,16,20H,3,11-15,17H2,1-2H3. The maximum atomic E-state index is 13.2. The lowest BCUT2D eigenvalue weighted by atomic mass is 9.96. The Balaban J connectivity index is 1.70. The van der Waals surface area contributed by atoms with Crippen molar-refractivity contribution < 1.29 is 18.1 Å². The van der Waals surface area contributed by atoms with E-state index in [2.05, 4.69) is 0 Å². The van der Waals surface area contributed by atoms with Crippen LogP contribution in [0.3, 0.4) is 0 Å². The van der Waals surface area contributed by atoms with Gasteiger partial charge in [-0.2, -0.15) is 4.31 Å². The van der Waals surface area contributed by atoms with Gasteiger partial charge in [-0.1, -0.05) is 43.3 Å². The van der Waals surface area contributed by atoms with Crippen LogP contribution < -0.4 is 0 Å². The highest BCUT2D eigenvalue weighted by Crippen LogP contribution is 2.29. The summed E-state index contributed by atoms with van der Waals surface area (Å²) in [5, 5.41) is 11.1. The monoisotopic (exact) mass is 459 g/mol. The highest BCUT2D eigenvalue weighted by molar-refractivity contribution is 7.89. The largest absolute Gasteiger partial charge is 0.338 e. The third kappa shape index (κ3) is 5.34. The van der Waals surface area contributed by atoms with Gasteiger partial charge in [0.1, 0.15) is 0 Å². The van der Waals surface area contributed by atoms with Crippen molar-refractivity contribution in [2.24, 2.45) is 5.92 Å². The van der Waals surface area contributed by atoms with Crippen LogP contribution in [0.2, 0.25) is 0 Å². The molecule has 0 atom stereocenters. The van der Waals surface area contributed by atoms with Crippen molar-refractivity contribution in [3.05, 3.63) is 69.8 Å². The Hall–Kier alpha value is -2.78. The Morgan fingerprint density at radius 1 is 1.16 bits per heavy atom. The van der Waals surface area contributed by atoms with Gasteiger partial charge in [0.05, 0.1) is 9.82 Å². The molecule has 1 saturated heterocycles. The van der Waals surface area contributed by atoms with Crippen molar-refractivity contribution in [3.8, 4) is 0 Å². The van der Waals surface area contributed by atoms with Gasteiger partial charge in [0.25, 0.3) is 5.69 Å². The number of carbonyl (C=O) groups is 1. The molecule has 0 saturated carbocycles. The van der Waals surface area contributed by atoms with E-state index in [0.29, 0.717) is 31.5 Å². The summed E-state index contributed by atoms with van der Waals surface area (Å²) < 4.78 is 27.6. The zero-order valence-corrected chi connectivity index (χ0v) is 19.3. The second-order valence-corrected chi connectivity index (χ2v) is 10.0. The number of nitro benzene ring substituents is 1. The van der Waals surface area contributed by atoms with E-state index in [9.17, 15) is 23.3 Å². The van der Waals surface area contributed by atoms with Crippen molar-refractivity contribution in [2.45, 2.75) is 44.6 Å². The van der Waals surface area contributed by atoms with Crippen molar-refractivity contribution in [2.75, 3.05) is 19.6 Å². The Morgan fingerprint density at radius 2 is 1.81 bits per heavy atom. The van der Waals surface area contributed by atoms with E-state index in [1.54, 1.807) is 6.92 Å². The first-order valence-corrected chi connectivity index (χ1v) is 12.3. The third-order valence-corrected chi connectivity index (χ3v) is 7.87. The van der Waals surface area contributed by atoms with Crippen LogP contribution in [0.1, 0.15) is 37.3 Å². The fourth-order valence-electron chi connectivity index (χ4n) is 4.06. The van der Waals surface area contributed by atoms with Crippen molar-refractivity contribution in [1.82, 2.24) is 9.21 Å². The van der Waals surface area contributed by atoms with Crippen molar-refractivity contribution in [3.63, 3.8) is 0 Å². The summed E-state index contributed by atoms with van der Waals surface area (Å²) in [4.78, 5) is 25.5. The molecule has 2 aromatic carbocycles. The van der Waals surface area contributed by atoms with Gasteiger partial charge in [0, 0.05) is 44.2 Å². The quantitative estimate of drug-likeness (QED) is 0.442. The number of piperidine rings is 1. The number of nitrogens with zero attached hydrogens (tertiary/aromatic N) is 3. The van der Waals surface area contributed by atoms with Gasteiger partial charge < -0.3 is 4.90 Å². The molecule has 32 heavy (non-hydrogen) atoms. The van der Waals surface area contributed by atoms with Gasteiger partial charge in [0.15, 0.2) is 0 Å². The van der Waals surface area contributed by atoms with Gasteiger partial charge in [0.2, 0.25) is 15.9 Å². The minimum Gasteiger partial charge on any atom is -0.338 e. The average Bonchev–Trinajstić information content (AvgIpc) is 2.79. The molecule has 9 heteroatoms. The van der Waals surface area contributed by atoms with E-state index in [1.807, 2.05) is 42.2 Å². The van der Waals surface area contributed by atoms with E-state index in [0.717, 1.165) is 18.1 Å². The number of sulfonamides is 1. The van der Waals surface area contributed by atoms with Crippen LogP contribution in [0.5, 0.6) is 0 Å². The fraction of sp³-hybridized carbons (Fsp3) is 0.435. The number of hydrogen-bond donors (Lipinski definition) is 0. The van der Waals surface area contributed by atoms with Gasteiger partial charge in [-0.25, -0.2) is 8.42 Å². The Labute approximate surface area is 189 Å². The number of rotatable bonds is 8. The van der Waals surface area contributed by atoms with Crippen molar-refractivity contribution in [1.29, 1.82) is 0 Å². The zero-order chi connectivity index (χ0) is 23.3. The lowest BCUT2D eigenvalue weighted by Gasteiger charge is -2.34. The molecule has 172 valence electrons. The van der Waals surface area contributed by atoms with Crippen LogP contribution >= 0.6 is 0 Å². The van der Waals surface area contributed by atoms with Gasteiger partial charge in [-0.3, -0.25) is 14.9 Å². The van der Waals surface area contributed by atoms with Crippen molar-refractivity contribution >= 4 is 21.6 Å². The van der Waals surface area contributed by atoms with Crippen LogP contribution in [0, 0.1) is 23.0 Å². The number of amides is 1. The molecular formula is C23H29N3O5S. The molecule has 0 radical (unpaired) electrons. The lowest BCUT2D eigenvalue weighted by molar-refractivity contribution is -0.385. The van der Waals surface area contributed by atoms with E-state index in [4.69, 9.17) is 0 Å². The molecule has 1 aliphatic rings. The van der Waals surface area contributed by atoms with Gasteiger partial charge >= 0.3 is 0 Å². The molecule has 8 nitrogen and oxygen atoms in total. The molecule has 0 spiro atoms. The summed E-state index contributed by atoms with van der Waals surface area (Å²) in [7, 11) is -3.87. The average molecular weight is 460 g/mol. The molecule has 1 heterocycles. The van der Waals surface area contributed by atoms with Gasteiger partial charge in [-0.15, -0.1) is 0 Å². The molecule has 1 amide bonds. The maximum Gasteiger partial charge on any atom is 0.270 e. The molecule has 1 aliphatic heterocycles. The second kappa shape index (κ2) is 10.2. The first-order chi connectivity index (χ1) is 15.2. The summed E-state index contributed by atoms with van der Waals surface area (Å²) >= 11 is 0. The first-order valence-electron chi connectivity index (χ1n) is 10.8. The normalized spacial score (nSPS) is 15.4.